The number of aliphatic hydroxyl groups excluding tert-OH is 1. The van der Waals surface area contributed by atoms with Gasteiger partial charge < -0.3 is 15.2 Å². The van der Waals surface area contributed by atoms with Crippen LogP contribution in [0.4, 0.5) is 0 Å². The minimum absolute atomic E-state index is 0.161. The van der Waals surface area contributed by atoms with E-state index in [0.29, 0.717) is 5.92 Å². The van der Waals surface area contributed by atoms with Crippen LogP contribution >= 0.6 is 11.6 Å². The van der Waals surface area contributed by atoms with Gasteiger partial charge in [0, 0.05) is 35.3 Å². The molecule has 0 aromatic heterocycles. The molecule has 0 saturated carbocycles. The number of hydrogen-bond donors (Lipinski definition) is 2. The van der Waals surface area contributed by atoms with Crippen molar-refractivity contribution >= 4 is 11.6 Å². The predicted octanol–water partition coefficient (Wildman–Crippen LogP) is 4.27. The normalized spacial score (nSPS) is 25.2. The van der Waals surface area contributed by atoms with Crippen molar-refractivity contribution in [2.45, 2.75) is 38.4 Å². The first-order chi connectivity index (χ1) is 13.5. The van der Waals surface area contributed by atoms with Crippen molar-refractivity contribution in [1.29, 1.82) is 0 Å². The van der Waals surface area contributed by atoms with Crippen LogP contribution in [0.15, 0.2) is 48.5 Å². The van der Waals surface area contributed by atoms with Crippen LogP contribution in [0.2, 0.25) is 5.02 Å². The molecule has 0 amide bonds. The lowest BCUT2D eigenvalue weighted by Crippen LogP contribution is -2.45. The van der Waals surface area contributed by atoms with Gasteiger partial charge >= 0.3 is 0 Å². The molecule has 1 aliphatic heterocycles. The molecule has 0 unspecified atom stereocenters. The van der Waals surface area contributed by atoms with Crippen LogP contribution in [0.3, 0.4) is 0 Å². The van der Waals surface area contributed by atoms with Gasteiger partial charge in [-0.2, -0.15) is 0 Å². The van der Waals surface area contributed by atoms with Crippen LogP contribution in [0.5, 0.6) is 5.75 Å². The van der Waals surface area contributed by atoms with Crippen LogP contribution in [-0.4, -0.2) is 42.4 Å². The molecule has 28 heavy (non-hydrogen) atoms. The highest BCUT2D eigenvalue weighted by Crippen LogP contribution is 2.46. The Morgan fingerprint density at radius 1 is 1.21 bits per heavy atom. The number of nitrogens with one attached hydrogen (secondary N) is 1. The van der Waals surface area contributed by atoms with E-state index in [9.17, 15) is 5.11 Å². The summed E-state index contributed by atoms with van der Waals surface area (Å²) >= 11 is 6.11. The highest BCUT2D eigenvalue weighted by molar-refractivity contribution is 6.30. The number of rotatable bonds is 8. The van der Waals surface area contributed by atoms with Crippen LogP contribution in [-0.2, 0) is 6.54 Å². The Labute approximate surface area is 173 Å². The number of aliphatic hydroxyl groups is 1. The third kappa shape index (κ3) is 4.36. The maximum Gasteiger partial charge on any atom is 0.123 e. The molecular formula is C23H31ClN2O2. The van der Waals surface area contributed by atoms with E-state index in [0.717, 1.165) is 42.4 Å². The van der Waals surface area contributed by atoms with Gasteiger partial charge in [-0.15, -0.1) is 0 Å². The first kappa shape index (κ1) is 21.1. The van der Waals surface area contributed by atoms with Gasteiger partial charge in [0.1, 0.15) is 5.75 Å². The fourth-order valence-corrected chi connectivity index (χ4v) is 4.78. The summed E-state index contributed by atoms with van der Waals surface area (Å²) in [6.45, 7) is 7.02. The Bertz CT molecular complexity index is 767. The Morgan fingerprint density at radius 2 is 1.93 bits per heavy atom. The van der Waals surface area contributed by atoms with Gasteiger partial charge in [-0.05, 0) is 49.6 Å². The first-order valence-electron chi connectivity index (χ1n) is 9.98. The average Bonchev–Trinajstić information content (AvgIpc) is 3.01. The Kier molecular flexibility index (Phi) is 7.00. The standard InChI is InChI=1S/C23H31ClN2O2/c1-4-26-22(17-9-11-20(24)12-10-17)19(13-23(26,2)16-27)15-25-14-18-7-5-6-8-21(18)28-3/h5-12,19,22,25,27H,4,13-16H2,1-3H3/t19-,22+,23+/m1/s1. The van der Waals surface area contributed by atoms with E-state index in [4.69, 9.17) is 16.3 Å². The van der Waals surface area contributed by atoms with Crippen LogP contribution < -0.4 is 10.1 Å². The highest BCUT2D eigenvalue weighted by atomic mass is 35.5. The fraction of sp³-hybridized carbons (Fsp3) is 0.478. The number of ether oxygens (including phenoxy) is 1. The van der Waals surface area contributed by atoms with Gasteiger partial charge in [-0.25, -0.2) is 0 Å². The predicted molar refractivity (Wildman–Crippen MR) is 115 cm³/mol. The summed E-state index contributed by atoms with van der Waals surface area (Å²) in [5, 5.41) is 14.5. The summed E-state index contributed by atoms with van der Waals surface area (Å²) in [6, 6.07) is 16.5. The molecular weight excluding hydrogens is 372 g/mol. The molecule has 5 heteroatoms. The summed E-state index contributed by atoms with van der Waals surface area (Å²) < 4.78 is 5.46. The van der Waals surface area contributed by atoms with Crippen LogP contribution in [0.25, 0.3) is 0 Å². The highest BCUT2D eigenvalue weighted by Gasteiger charge is 2.47. The number of likely N-dealkylation sites (tertiary alicyclic amines) is 1. The molecule has 2 N–H and O–H groups in total. The quantitative estimate of drug-likeness (QED) is 0.692. The molecule has 2 aromatic carbocycles. The maximum absolute atomic E-state index is 10.1. The molecule has 3 atom stereocenters. The molecule has 0 spiro atoms. The topological polar surface area (TPSA) is 44.7 Å². The van der Waals surface area contributed by atoms with E-state index in [2.05, 4.69) is 42.3 Å². The fourth-order valence-electron chi connectivity index (χ4n) is 4.65. The van der Waals surface area contributed by atoms with Gasteiger partial charge in [0.05, 0.1) is 13.7 Å². The zero-order valence-corrected chi connectivity index (χ0v) is 17.7. The zero-order chi connectivity index (χ0) is 20.1. The van der Waals surface area contributed by atoms with Gasteiger partial charge in [-0.1, -0.05) is 48.9 Å². The number of nitrogens with zero attached hydrogens (tertiary/aromatic N) is 1. The third-order valence-corrected chi connectivity index (χ3v) is 6.24. The number of hydrogen-bond acceptors (Lipinski definition) is 4. The summed E-state index contributed by atoms with van der Waals surface area (Å²) in [6.07, 6.45) is 0.948. The van der Waals surface area contributed by atoms with Crippen LogP contribution in [0, 0.1) is 5.92 Å². The number of halogens is 1. The number of methoxy groups -OCH3 is 1. The van der Waals surface area contributed by atoms with Gasteiger partial charge in [0.2, 0.25) is 0 Å². The molecule has 152 valence electrons. The molecule has 1 aliphatic rings. The molecule has 0 bridgehead atoms. The minimum Gasteiger partial charge on any atom is -0.496 e. The summed E-state index contributed by atoms with van der Waals surface area (Å²) in [5.41, 5.74) is 2.20. The summed E-state index contributed by atoms with van der Waals surface area (Å²) in [5.74, 6) is 1.30. The number of likely N-dealkylation sites (N-methyl/N-ethyl adjacent to an activating group) is 1. The molecule has 2 aromatic rings. The van der Waals surface area contributed by atoms with E-state index in [1.165, 1.54) is 5.56 Å². The van der Waals surface area contributed by atoms with Gasteiger partial charge in [0.25, 0.3) is 0 Å². The molecule has 1 heterocycles. The number of para-hydroxylation sites is 1. The van der Waals surface area contributed by atoms with Gasteiger partial charge in [0.15, 0.2) is 0 Å². The average molecular weight is 403 g/mol. The maximum atomic E-state index is 10.1. The Hall–Kier alpha value is -1.59. The minimum atomic E-state index is -0.212. The van der Waals surface area contributed by atoms with Crippen LogP contribution in [0.1, 0.15) is 37.4 Å². The monoisotopic (exact) mass is 402 g/mol. The molecule has 1 fully saturated rings. The second kappa shape index (κ2) is 9.27. The summed E-state index contributed by atoms with van der Waals surface area (Å²) in [7, 11) is 1.71. The zero-order valence-electron chi connectivity index (χ0n) is 17.0. The first-order valence-corrected chi connectivity index (χ1v) is 10.4. The second-order valence-electron chi connectivity index (χ2n) is 7.84. The van der Waals surface area contributed by atoms with E-state index in [-0.39, 0.29) is 18.2 Å². The van der Waals surface area contributed by atoms with E-state index >= 15 is 0 Å². The third-order valence-electron chi connectivity index (χ3n) is 5.98. The largest absolute Gasteiger partial charge is 0.496 e. The second-order valence-corrected chi connectivity index (χ2v) is 8.28. The molecule has 1 saturated heterocycles. The van der Waals surface area contributed by atoms with Crippen molar-refractivity contribution in [3.05, 3.63) is 64.7 Å². The Balaban J connectivity index is 1.77. The van der Waals surface area contributed by atoms with Crippen molar-refractivity contribution in [3.63, 3.8) is 0 Å². The summed E-state index contributed by atoms with van der Waals surface area (Å²) in [4.78, 5) is 2.44. The lowest BCUT2D eigenvalue weighted by molar-refractivity contribution is 0.0579. The van der Waals surface area contributed by atoms with Gasteiger partial charge in [-0.3, -0.25) is 4.90 Å². The van der Waals surface area contributed by atoms with Crippen molar-refractivity contribution in [1.82, 2.24) is 10.2 Å². The lowest BCUT2D eigenvalue weighted by atomic mass is 9.90. The van der Waals surface area contributed by atoms with Crippen molar-refractivity contribution < 1.29 is 9.84 Å². The molecule has 3 rings (SSSR count). The number of benzene rings is 2. The van der Waals surface area contributed by atoms with Crippen molar-refractivity contribution in [2.24, 2.45) is 5.92 Å². The molecule has 0 aliphatic carbocycles. The van der Waals surface area contributed by atoms with E-state index < -0.39 is 0 Å². The smallest absolute Gasteiger partial charge is 0.123 e. The van der Waals surface area contributed by atoms with E-state index in [1.54, 1.807) is 7.11 Å². The molecule has 0 radical (unpaired) electrons. The Morgan fingerprint density at radius 3 is 2.57 bits per heavy atom. The molecule has 4 nitrogen and oxygen atoms in total. The SMILES string of the molecule is CCN1[C@@H](c2ccc(Cl)cc2)[C@@H](CNCc2ccccc2OC)C[C@@]1(C)CO. The van der Waals surface area contributed by atoms with Crippen molar-refractivity contribution in [2.75, 3.05) is 26.8 Å². The van der Waals surface area contributed by atoms with E-state index in [1.807, 2.05) is 30.3 Å². The lowest BCUT2D eigenvalue weighted by Gasteiger charge is -2.37. The van der Waals surface area contributed by atoms with Crippen molar-refractivity contribution in [3.8, 4) is 5.75 Å².